The molecule has 1 aromatic carbocycles. The highest BCUT2D eigenvalue weighted by molar-refractivity contribution is 6.59. The molecule has 1 heterocycles. The summed E-state index contributed by atoms with van der Waals surface area (Å²) in [6.07, 6.45) is 0. The molecule has 16 heavy (non-hydrogen) atoms. The second kappa shape index (κ2) is 4.41. The highest BCUT2D eigenvalue weighted by Crippen LogP contribution is 2.26. The van der Waals surface area contributed by atoms with Crippen molar-refractivity contribution >= 4 is 12.6 Å². The van der Waals surface area contributed by atoms with Gasteiger partial charge in [0.25, 0.3) is 0 Å². The molecule has 0 radical (unpaired) electrons. The van der Waals surface area contributed by atoms with Gasteiger partial charge in [0.1, 0.15) is 0 Å². The minimum Gasteiger partial charge on any atom is -0.494 e. The van der Waals surface area contributed by atoms with E-state index in [0.29, 0.717) is 18.8 Å². The third-order valence-electron chi connectivity index (χ3n) is 2.69. The molecule has 1 aromatic rings. The van der Waals surface area contributed by atoms with Crippen molar-refractivity contribution in [2.75, 3.05) is 20.3 Å². The second-order valence-corrected chi connectivity index (χ2v) is 3.73. The molecule has 1 aliphatic heterocycles. The molecule has 4 nitrogen and oxygen atoms in total. The molecule has 1 aliphatic rings. The zero-order valence-electron chi connectivity index (χ0n) is 8.81. The van der Waals surface area contributed by atoms with Crippen LogP contribution in [0.3, 0.4) is 0 Å². The van der Waals surface area contributed by atoms with Gasteiger partial charge in [0.15, 0.2) is 11.6 Å². The van der Waals surface area contributed by atoms with Gasteiger partial charge in [-0.2, -0.15) is 0 Å². The van der Waals surface area contributed by atoms with E-state index in [4.69, 9.17) is 19.5 Å². The van der Waals surface area contributed by atoms with E-state index in [2.05, 4.69) is 0 Å². The van der Waals surface area contributed by atoms with E-state index < -0.39 is 12.9 Å². The molecule has 1 fully saturated rings. The SMILES string of the molecule is COc1c(F)cc(C2COC2)cc1B(O)O. The normalized spacial score (nSPS) is 15.8. The third-order valence-corrected chi connectivity index (χ3v) is 2.69. The van der Waals surface area contributed by atoms with Crippen molar-refractivity contribution in [1.29, 1.82) is 0 Å². The molecular weight excluding hydrogens is 214 g/mol. The molecule has 2 rings (SSSR count). The average molecular weight is 226 g/mol. The zero-order valence-corrected chi connectivity index (χ0v) is 8.81. The van der Waals surface area contributed by atoms with Crippen LogP contribution < -0.4 is 10.2 Å². The summed E-state index contributed by atoms with van der Waals surface area (Å²) in [4.78, 5) is 0. The molecular formula is C10H12BFO4. The number of hydrogen-bond donors (Lipinski definition) is 2. The zero-order chi connectivity index (χ0) is 11.7. The minimum absolute atomic E-state index is 0.0457. The molecule has 0 bridgehead atoms. The van der Waals surface area contributed by atoms with Gasteiger partial charge in [-0.15, -0.1) is 0 Å². The lowest BCUT2D eigenvalue weighted by Crippen LogP contribution is -2.34. The largest absolute Gasteiger partial charge is 0.494 e. The van der Waals surface area contributed by atoms with Gasteiger partial charge in [-0.1, -0.05) is 6.07 Å². The smallest absolute Gasteiger partial charge is 0.492 e. The van der Waals surface area contributed by atoms with Crippen LogP contribution in [0.15, 0.2) is 12.1 Å². The van der Waals surface area contributed by atoms with Crippen LogP contribution in [0.5, 0.6) is 5.75 Å². The molecule has 86 valence electrons. The Bertz CT molecular complexity index is 393. The van der Waals surface area contributed by atoms with Gasteiger partial charge < -0.3 is 19.5 Å². The Morgan fingerprint density at radius 3 is 2.56 bits per heavy atom. The first kappa shape index (κ1) is 11.4. The summed E-state index contributed by atoms with van der Waals surface area (Å²) >= 11 is 0. The summed E-state index contributed by atoms with van der Waals surface area (Å²) < 4.78 is 23.4. The van der Waals surface area contributed by atoms with Crippen LogP contribution in [0.4, 0.5) is 4.39 Å². The Morgan fingerprint density at radius 1 is 1.44 bits per heavy atom. The standard InChI is InChI=1S/C10H12BFO4/c1-15-10-8(11(13)14)2-6(3-9(10)12)7-4-16-5-7/h2-3,7,13-14H,4-5H2,1H3. The minimum atomic E-state index is -1.75. The predicted molar refractivity (Wildman–Crippen MR) is 56.3 cm³/mol. The summed E-state index contributed by atoms with van der Waals surface area (Å²) in [5, 5.41) is 18.3. The lowest BCUT2D eigenvalue weighted by Gasteiger charge is -2.27. The van der Waals surface area contributed by atoms with Crippen LogP contribution in [-0.2, 0) is 4.74 Å². The lowest BCUT2D eigenvalue weighted by atomic mass is 9.77. The molecule has 0 spiro atoms. The molecule has 0 aliphatic carbocycles. The van der Waals surface area contributed by atoms with Crippen molar-refractivity contribution in [3.05, 3.63) is 23.5 Å². The van der Waals surface area contributed by atoms with Crippen LogP contribution in [0.2, 0.25) is 0 Å². The van der Waals surface area contributed by atoms with Crippen molar-refractivity contribution in [3.63, 3.8) is 0 Å². The van der Waals surface area contributed by atoms with Crippen molar-refractivity contribution < 1.29 is 23.9 Å². The average Bonchev–Trinajstić information content (AvgIpc) is 2.14. The Kier molecular flexibility index (Phi) is 3.14. The Balaban J connectivity index is 2.42. The Morgan fingerprint density at radius 2 is 2.12 bits per heavy atom. The van der Waals surface area contributed by atoms with Gasteiger partial charge in [0.2, 0.25) is 0 Å². The first-order valence-corrected chi connectivity index (χ1v) is 4.94. The van der Waals surface area contributed by atoms with Crippen LogP contribution in [0, 0.1) is 5.82 Å². The number of benzene rings is 1. The fourth-order valence-electron chi connectivity index (χ4n) is 1.71. The predicted octanol–water partition coefficient (Wildman–Crippen LogP) is -0.372. The van der Waals surface area contributed by atoms with Gasteiger partial charge in [-0.25, -0.2) is 4.39 Å². The Labute approximate surface area is 92.8 Å². The highest BCUT2D eigenvalue weighted by Gasteiger charge is 2.26. The third kappa shape index (κ3) is 1.91. The summed E-state index contributed by atoms with van der Waals surface area (Å²) in [5.74, 6) is -0.591. The summed E-state index contributed by atoms with van der Waals surface area (Å²) in [6.45, 7) is 1.07. The van der Waals surface area contributed by atoms with E-state index in [1.165, 1.54) is 13.2 Å². The first-order chi connectivity index (χ1) is 7.63. The van der Waals surface area contributed by atoms with Gasteiger partial charge in [-0.05, 0) is 11.6 Å². The maximum Gasteiger partial charge on any atom is 0.492 e. The number of ether oxygens (including phenoxy) is 2. The van der Waals surface area contributed by atoms with Crippen molar-refractivity contribution in [2.24, 2.45) is 0 Å². The molecule has 2 N–H and O–H groups in total. The molecule has 0 saturated carbocycles. The van der Waals surface area contributed by atoms with Gasteiger partial charge >= 0.3 is 7.12 Å². The van der Waals surface area contributed by atoms with Crippen LogP contribution in [-0.4, -0.2) is 37.5 Å². The lowest BCUT2D eigenvalue weighted by molar-refractivity contribution is 0.00832. The molecule has 0 atom stereocenters. The van der Waals surface area contributed by atoms with E-state index >= 15 is 0 Å². The second-order valence-electron chi connectivity index (χ2n) is 3.73. The fourth-order valence-corrected chi connectivity index (χ4v) is 1.71. The molecule has 0 unspecified atom stereocenters. The van der Waals surface area contributed by atoms with Gasteiger partial charge in [-0.3, -0.25) is 0 Å². The van der Waals surface area contributed by atoms with E-state index in [0.717, 1.165) is 0 Å². The molecule has 0 aromatic heterocycles. The van der Waals surface area contributed by atoms with E-state index in [9.17, 15) is 4.39 Å². The number of halogens is 1. The fraction of sp³-hybridized carbons (Fsp3) is 0.400. The monoisotopic (exact) mass is 226 g/mol. The number of hydrogen-bond acceptors (Lipinski definition) is 4. The molecule has 0 amide bonds. The van der Waals surface area contributed by atoms with Crippen molar-refractivity contribution in [2.45, 2.75) is 5.92 Å². The van der Waals surface area contributed by atoms with E-state index in [1.807, 2.05) is 0 Å². The summed E-state index contributed by atoms with van der Waals surface area (Å²) in [7, 11) is -0.457. The highest BCUT2D eigenvalue weighted by atomic mass is 19.1. The van der Waals surface area contributed by atoms with Crippen LogP contribution in [0.1, 0.15) is 11.5 Å². The van der Waals surface area contributed by atoms with E-state index in [1.54, 1.807) is 6.07 Å². The quantitative estimate of drug-likeness (QED) is 0.690. The number of methoxy groups -OCH3 is 1. The first-order valence-electron chi connectivity index (χ1n) is 4.94. The number of rotatable bonds is 3. The maximum atomic E-state index is 13.6. The molecule has 6 heteroatoms. The van der Waals surface area contributed by atoms with Crippen LogP contribution >= 0.6 is 0 Å². The van der Waals surface area contributed by atoms with E-state index in [-0.39, 0.29) is 17.1 Å². The molecule has 1 saturated heterocycles. The van der Waals surface area contributed by atoms with Gasteiger partial charge in [0.05, 0.1) is 20.3 Å². The topological polar surface area (TPSA) is 58.9 Å². The Hall–Kier alpha value is -1.11. The maximum absolute atomic E-state index is 13.6. The summed E-state index contributed by atoms with van der Waals surface area (Å²) in [5.41, 5.74) is 0.747. The van der Waals surface area contributed by atoms with Crippen molar-refractivity contribution in [3.8, 4) is 5.75 Å². The van der Waals surface area contributed by atoms with Crippen LogP contribution in [0.25, 0.3) is 0 Å². The van der Waals surface area contributed by atoms with Gasteiger partial charge in [0, 0.05) is 11.4 Å². The summed E-state index contributed by atoms with van der Waals surface area (Å²) in [6, 6.07) is 2.89. The van der Waals surface area contributed by atoms with Crippen molar-refractivity contribution in [1.82, 2.24) is 0 Å².